The molecular formula is C19H19N3O2. The van der Waals surface area contributed by atoms with Crippen LogP contribution in [0.5, 0.6) is 0 Å². The number of rotatable bonds is 3. The minimum absolute atomic E-state index is 0.272. The van der Waals surface area contributed by atoms with Gasteiger partial charge in [0.1, 0.15) is 5.92 Å². The van der Waals surface area contributed by atoms with E-state index < -0.39 is 5.92 Å². The summed E-state index contributed by atoms with van der Waals surface area (Å²) in [6.07, 6.45) is 3.47. The van der Waals surface area contributed by atoms with Crippen LogP contribution < -0.4 is 0 Å². The van der Waals surface area contributed by atoms with Gasteiger partial charge in [-0.1, -0.05) is 12.1 Å². The summed E-state index contributed by atoms with van der Waals surface area (Å²) in [6, 6.07) is 11.4. The molecule has 0 saturated heterocycles. The molecule has 3 rings (SSSR count). The zero-order valence-electron chi connectivity index (χ0n) is 13.9. The number of nitrogens with zero attached hydrogens (tertiary/aromatic N) is 3. The number of aliphatic imine (C=N–C) groups is 1. The van der Waals surface area contributed by atoms with Crippen molar-refractivity contribution >= 4 is 17.3 Å². The topological polar surface area (TPSA) is 64.4 Å². The molecule has 0 aromatic carbocycles. The van der Waals surface area contributed by atoms with Crippen molar-refractivity contribution in [3.63, 3.8) is 0 Å². The summed E-state index contributed by atoms with van der Waals surface area (Å²) in [5.41, 5.74) is 4.10. The van der Waals surface area contributed by atoms with Crippen LogP contribution in [0.4, 0.5) is 0 Å². The Morgan fingerprint density at radius 2 is 1.75 bits per heavy atom. The zero-order valence-corrected chi connectivity index (χ0v) is 13.9. The molecule has 3 heterocycles. The first-order chi connectivity index (χ1) is 11.6. The maximum atomic E-state index is 12.5. The number of carbonyl (C=O) groups is 1. The van der Waals surface area contributed by atoms with Gasteiger partial charge in [0.2, 0.25) is 0 Å². The fourth-order valence-electron chi connectivity index (χ4n) is 3.21. The minimum atomic E-state index is -0.509. The average molecular weight is 321 g/mol. The summed E-state index contributed by atoms with van der Waals surface area (Å²) >= 11 is 0. The number of pyridine rings is 2. The highest BCUT2D eigenvalue weighted by atomic mass is 16.5. The van der Waals surface area contributed by atoms with E-state index in [1.807, 2.05) is 50.2 Å². The van der Waals surface area contributed by atoms with Gasteiger partial charge in [0.15, 0.2) is 0 Å². The van der Waals surface area contributed by atoms with Crippen molar-refractivity contribution in [3.05, 3.63) is 65.9 Å². The number of aromatic nitrogens is 2. The predicted octanol–water partition coefficient (Wildman–Crippen LogP) is 3.26. The highest BCUT2D eigenvalue weighted by Gasteiger charge is 2.40. The second-order valence-electron chi connectivity index (χ2n) is 5.70. The third-order valence-corrected chi connectivity index (χ3v) is 4.23. The Bertz CT molecular complexity index is 798. The van der Waals surface area contributed by atoms with E-state index in [4.69, 9.17) is 4.74 Å². The lowest BCUT2D eigenvalue weighted by Crippen LogP contribution is -2.34. The minimum Gasteiger partial charge on any atom is -0.468 e. The third-order valence-electron chi connectivity index (χ3n) is 4.23. The van der Waals surface area contributed by atoms with Gasteiger partial charge in [0.05, 0.1) is 12.8 Å². The van der Waals surface area contributed by atoms with Crippen LogP contribution in [0.2, 0.25) is 0 Å². The molecule has 0 saturated carbocycles. The van der Waals surface area contributed by atoms with Crippen LogP contribution in [0.15, 0.2) is 59.5 Å². The SMILES string of the molecule is COC(=O)C1C(C)=NC(C)=C(c2ccccn2)C1c1ccccn1. The van der Waals surface area contributed by atoms with E-state index in [9.17, 15) is 4.79 Å². The summed E-state index contributed by atoms with van der Waals surface area (Å²) in [6.45, 7) is 3.80. The first-order valence-corrected chi connectivity index (χ1v) is 7.79. The van der Waals surface area contributed by atoms with Crippen molar-refractivity contribution in [2.24, 2.45) is 10.9 Å². The number of hydrogen-bond donors (Lipinski definition) is 0. The van der Waals surface area contributed by atoms with E-state index in [2.05, 4.69) is 15.0 Å². The molecule has 1 aliphatic rings. The quantitative estimate of drug-likeness (QED) is 0.814. The molecule has 0 bridgehead atoms. The fourth-order valence-corrected chi connectivity index (χ4v) is 3.21. The van der Waals surface area contributed by atoms with Gasteiger partial charge in [-0.15, -0.1) is 0 Å². The van der Waals surface area contributed by atoms with E-state index in [1.54, 1.807) is 12.4 Å². The van der Waals surface area contributed by atoms with Crippen molar-refractivity contribution in [1.82, 2.24) is 9.97 Å². The van der Waals surface area contributed by atoms with Crippen LogP contribution >= 0.6 is 0 Å². The largest absolute Gasteiger partial charge is 0.468 e. The molecule has 122 valence electrons. The van der Waals surface area contributed by atoms with E-state index in [0.29, 0.717) is 0 Å². The molecule has 0 N–H and O–H groups in total. The normalized spacial score (nSPS) is 20.5. The van der Waals surface area contributed by atoms with E-state index in [1.165, 1.54) is 7.11 Å². The molecule has 0 spiro atoms. The van der Waals surface area contributed by atoms with Crippen molar-refractivity contribution in [3.8, 4) is 0 Å². The van der Waals surface area contributed by atoms with E-state index in [0.717, 1.165) is 28.4 Å². The van der Waals surface area contributed by atoms with E-state index in [-0.39, 0.29) is 11.9 Å². The molecule has 1 aliphatic heterocycles. The van der Waals surface area contributed by atoms with Gasteiger partial charge in [0.25, 0.3) is 0 Å². The molecular weight excluding hydrogens is 302 g/mol. The number of esters is 1. The smallest absolute Gasteiger partial charge is 0.315 e. The van der Waals surface area contributed by atoms with Crippen molar-refractivity contribution < 1.29 is 9.53 Å². The maximum absolute atomic E-state index is 12.5. The summed E-state index contributed by atoms with van der Waals surface area (Å²) < 4.78 is 5.04. The first kappa shape index (κ1) is 16.1. The van der Waals surface area contributed by atoms with Crippen LogP contribution in [0.1, 0.15) is 31.2 Å². The molecule has 0 fully saturated rings. The monoisotopic (exact) mass is 321 g/mol. The lowest BCUT2D eigenvalue weighted by Gasteiger charge is -2.31. The number of allylic oxidation sites excluding steroid dienone is 2. The standard InChI is InChI=1S/C19H19N3O2/c1-12-16(14-8-4-6-10-20-14)18(15-9-5-7-11-21-15)17(13(2)22-12)19(23)24-3/h4-11,17-18H,1-3H3. The molecule has 2 aromatic heterocycles. The average Bonchev–Trinajstić information content (AvgIpc) is 2.62. The third kappa shape index (κ3) is 2.85. The lowest BCUT2D eigenvalue weighted by molar-refractivity contribution is -0.143. The highest BCUT2D eigenvalue weighted by Crippen LogP contribution is 2.43. The Morgan fingerprint density at radius 3 is 2.33 bits per heavy atom. The first-order valence-electron chi connectivity index (χ1n) is 7.79. The van der Waals surface area contributed by atoms with Crippen molar-refractivity contribution in [2.45, 2.75) is 19.8 Å². The van der Waals surface area contributed by atoms with Crippen molar-refractivity contribution in [1.29, 1.82) is 0 Å². The summed E-state index contributed by atoms with van der Waals surface area (Å²) in [5, 5.41) is 0. The van der Waals surface area contributed by atoms with E-state index >= 15 is 0 Å². The molecule has 2 unspecified atom stereocenters. The number of hydrogen-bond acceptors (Lipinski definition) is 5. The fraction of sp³-hybridized carbons (Fsp3) is 0.263. The molecule has 5 heteroatoms. The van der Waals surface area contributed by atoms with Gasteiger partial charge in [-0.2, -0.15) is 0 Å². The number of methoxy groups -OCH3 is 1. The summed E-state index contributed by atoms with van der Waals surface area (Å²) in [7, 11) is 1.40. The summed E-state index contributed by atoms with van der Waals surface area (Å²) in [4.78, 5) is 26.0. The maximum Gasteiger partial charge on any atom is 0.315 e. The molecule has 0 amide bonds. The Kier molecular flexibility index (Phi) is 4.51. The van der Waals surface area contributed by atoms with Gasteiger partial charge >= 0.3 is 5.97 Å². The van der Waals surface area contributed by atoms with Gasteiger partial charge in [0, 0.05) is 41.0 Å². The van der Waals surface area contributed by atoms with Crippen LogP contribution in [0.25, 0.3) is 5.57 Å². The molecule has 5 nitrogen and oxygen atoms in total. The van der Waals surface area contributed by atoms with Gasteiger partial charge < -0.3 is 4.74 Å². The Labute approximate surface area is 141 Å². The second-order valence-corrected chi connectivity index (χ2v) is 5.70. The number of carbonyl (C=O) groups excluding carboxylic acids is 1. The van der Waals surface area contributed by atoms with Gasteiger partial charge in [-0.05, 0) is 38.1 Å². The predicted molar refractivity (Wildman–Crippen MR) is 92.4 cm³/mol. The van der Waals surface area contributed by atoms with Crippen molar-refractivity contribution in [2.75, 3.05) is 7.11 Å². The Morgan fingerprint density at radius 1 is 1.04 bits per heavy atom. The van der Waals surface area contributed by atoms with Crippen LogP contribution in [0, 0.1) is 5.92 Å². The number of ether oxygens (including phenoxy) is 1. The van der Waals surface area contributed by atoms with Crippen LogP contribution in [-0.4, -0.2) is 28.8 Å². The second kappa shape index (κ2) is 6.74. The van der Waals surface area contributed by atoms with Gasteiger partial charge in [-0.25, -0.2) is 0 Å². The Hall–Kier alpha value is -2.82. The molecule has 2 atom stereocenters. The van der Waals surface area contributed by atoms with Crippen LogP contribution in [0.3, 0.4) is 0 Å². The molecule has 24 heavy (non-hydrogen) atoms. The lowest BCUT2D eigenvalue weighted by atomic mass is 9.76. The molecule has 0 radical (unpaired) electrons. The molecule has 0 aliphatic carbocycles. The zero-order chi connectivity index (χ0) is 17.1. The molecule has 2 aromatic rings. The Balaban J connectivity index is 2.22. The van der Waals surface area contributed by atoms with Gasteiger partial charge in [-0.3, -0.25) is 19.8 Å². The highest BCUT2D eigenvalue weighted by molar-refractivity contribution is 6.06. The summed E-state index contributed by atoms with van der Waals surface area (Å²) in [5.74, 6) is -1.09. The van der Waals surface area contributed by atoms with Crippen LogP contribution in [-0.2, 0) is 9.53 Å².